The number of allylic oxidation sites excluding steroid dienone is 13. The van der Waals surface area contributed by atoms with Crippen molar-refractivity contribution in [1.29, 1.82) is 0 Å². The molecule has 0 saturated carbocycles. The van der Waals surface area contributed by atoms with Gasteiger partial charge in [-0.2, -0.15) is 0 Å². The Labute approximate surface area is 330 Å². The molecule has 0 aliphatic heterocycles. The number of unbranched alkanes of at least 4 members (excludes halogenated alkanes) is 14. The zero-order chi connectivity index (χ0) is 39.5. The van der Waals surface area contributed by atoms with Crippen molar-refractivity contribution in [3.63, 3.8) is 0 Å². The van der Waals surface area contributed by atoms with Crippen molar-refractivity contribution in [2.45, 2.75) is 168 Å². The molecule has 0 aromatic carbocycles. The average Bonchev–Trinajstić information content (AvgIpc) is 3.16. The molecule has 0 radical (unpaired) electrons. The first-order chi connectivity index (χ1) is 26.4. The second kappa shape index (κ2) is 41.7. The SMILES string of the molecule is CCC=CCC=CCC=CCC=CCC=CCCCCCC(=O)OC[C@H](COP(=O)(O)OCCN)OC=CCCCCCCCCC=CCCCCCC. The first-order valence-corrected chi connectivity index (χ1v) is 22.6. The first-order valence-electron chi connectivity index (χ1n) is 21.1. The van der Waals surface area contributed by atoms with Crippen LogP contribution in [0.5, 0.6) is 0 Å². The van der Waals surface area contributed by atoms with Gasteiger partial charge < -0.3 is 20.1 Å². The molecule has 54 heavy (non-hydrogen) atoms. The molecule has 0 aliphatic carbocycles. The molecule has 0 aliphatic rings. The van der Waals surface area contributed by atoms with Crippen LogP contribution in [0.2, 0.25) is 0 Å². The molecule has 3 N–H and O–H groups in total. The maximum atomic E-state index is 12.4. The Hall–Kier alpha value is -2.48. The van der Waals surface area contributed by atoms with E-state index in [9.17, 15) is 14.3 Å². The quantitative estimate of drug-likeness (QED) is 0.0208. The van der Waals surface area contributed by atoms with E-state index in [4.69, 9.17) is 24.3 Å². The van der Waals surface area contributed by atoms with Gasteiger partial charge in [0.2, 0.25) is 0 Å². The van der Waals surface area contributed by atoms with Crippen LogP contribution in [0.15, 0.2) is 85.3 Å². The lowest BCUT2D eigenvalue weighted by Crippen LogP contribution is -2.25. The fourth-order valence-electron chi connectivity index (χ4n) is 5.24. The third kappa shape index (κ3) is 40.7. The molecule has 9 heteroatoms. The van der Waals surface area contributed by atoms with E-state index in [2.05, 4.69) is 86.8 Å². The number of rotatable bonds is 39. The van der Waals surface area contributed by atoms with Crippen LogP contribution in [-0.2, 0) is 27.9 Å². The lowest BCUT2D eigenvalue weighted by molar-refractivity contribution is -0.147. The summed E-state index contributed by atoms with van der Waals surface area (Å²) in [5.74, 6) is -0.326. The number of phosphoric ester groups is 1. The van der Waals surface area contributed by atoms with Gasteiger partial charge in [-0.05, 0) is 96.0 Å². The van der Waals surface area contributed by atoms with Crippen LogP contribution in [0.1, 0.15) is 162 Å². The molecule has 0 fully saturated rings. The van der Waals surface area contributed by atoms with Gasteiger partial charge in [0, 0.05) is 13.0 Å². The fraction of sp³-hybridized carbons (Fsp3) is 0.667. The standard InChI is InChI=1S/C45H78NO7P/c1-3-5-7-9-11-13-15-17-19-21-22-23-24-26-28-30-32-34-36-38-45(47)51-42-44(43-53-54(48,49)52-41-39-46)50-40-37-35-33-31-29-27-25-20-18-16-14-12-10-8-6-4-2/h5,7,11,13-14,16-17,19,22-23,26,28,37,40,44H,3-4,6,8-10,12,15,18,20-21,24-25,27,29-36,38-39,41-43,46H2,1-2H3,(H,48,49)/t44-/m1/s1. The van der Waals surface area contributed by atoms with Gasteiger partial charge in [0.15, 0.2) is 6.10 Å². The summed E-state index contributed by atoms with van der Waals surface area (Å²) in [6, 6.07) is 0. The Morgan fingerprint density at radius 3 is 1.59 bits per heavy atom. The van der Waals surface area contributed by atoms with Gasteiger partial charge in [-0.1, -0.05) is 138 Å². The molecule has 2 atom stereocenters. The lowest BCUT2D eigenvalue weighted by Gasteiger charge is -2.19. The number of ether oxygens (including phenoxy) is 2. The number of carbonyl (C=O) groups is 1. The molecule has 0 aromatic rings. The summed E-state index contributed by atoms with van der Waals surface area (Å²) in [5, 5.41) is 0. The van der Waals surface area contributed by atoms with Crippen LogP contribution in [0.3, 0.4) is 0 Å². The summed E-state index contributed by atoms with van der Waals surface area (Å²) >= 11 is 0. The minimum Gasteiger partial charge on any atom is -0.492 e. The van der Waals surface area contributed by atoms with Gasteiger partial charge in [0.05, 0.1) is 19.5 Å². The Morgan fingerprint density at radius 1 is 0.593 bits per heavy atom. The van der Waals surface area contributed by atoms with Crippen molar-refractivity contribution in [3.05, 3.63) is 85.3 Å². The van der Waals surface area contributed by atoms with Crippen LogP contribution >= 0.6 is 7.82 Å². The minimum atomic E-state index is -4.28. The highest BCUT2D eigenvalue weighted by Crippen LogP contribution is 2.43. The molecule has 0 aromatic heterocycles. The molecular formula is C45H78NO7P. The number of nitrogens with two attached hydrogens (primary N) is 1. The molecule has 310 valence electrons. The topological polar surface area (TPSA) is 117 Å². The monoisotopic (exact) mass is 776 g/mol. The predicted octanol–water partition coefficient (Wildman–Crippen LogP) is 12.9. The van der Waals surface area contributed by atoms with Crippen molar-refractivity contribution < 1.29 is 32.8 Å². The first kappa shape index (κ1) is 51.5. The van der Waals surface area contributed by atoms with E-state index in [1.54, 1.807) is 6.26 Å². The smallest absolute Gasteiger partial charge is 0.472 e. The summed E-state index contributed by atoms with van der Waals surface area (Å²) in [6.07, 6.45) is 54.1. The van der Waals surface area contributed by atoms with Gasteiger partial charge in [-0.15, -0.1) is 0 Å². The van der Waals surface area contributed by atoms with E-state index in [0.717, 1.165) is 77.0 Å². The van der Waals surface area contributed by atoms with Gasteiger partial charge in [0.1, 0.15) is 6.61 Å². The normalized spacial score (nSPS) is 14.3. The van der Waals surface area contributed by atoms with E-state index in [1.807, 2.05) is 6.08 Å². The summed E-state index contributed by atoms with van der Waals surface area (Å²) in [4.78, 5) is 22.3. The minimum absolute atomic E-state index is 0.0891. The lowest BCUT2D eigenvalue weighted by atomic mass is 10.1. The molecular weight excluding hydrogens is 697 g/mol. The van der Waals surface area contributed by atoms with Crippen LogP contribution in [0.25, 0.3) is 0 Å². The van der Waals surface area contributed by atoms with Crippen molar-refractivity contribution in [3.8, 4) is 0 Å². The number of hydrogen-bond donors (Lipinski definition) is 2. The number of phosphoric acid groups is 1. The van der Waals surface area contributed by atoms with Crippen LogP contribution in [0, 0.1) is 0 Å². The highest BCUT2D eigenvalue weighted by Gasteiger charge is 2.24. The van der Waals surface area contributed by atoms with Gasteiger partial charge >= 0.3 is 13.8 Å². The zero-order valence-corrected chi connectivity index (χ0v) is 35.1. The summed E-state index contributed by atoms with van der Waals surface area (Å²) in [7, 11) is -4.28. The van der Waals surface area contributed by atoms with Crippen LogP contribution in [-0.4, -0.2) is 43.3 Å². The molecule has 0 saturated heterocycles. The van der Waals surface area contributed by atoms with Gasteiger partial charge in [-0.3, -0.25) is 13.8 Å². The molecule has 0 heterocycles. The van der Waals surface area contributed by atoms with E-state index in [-0.39, 0.29) is 32.3 Å². The Balaban J connectivity index is 4.19. The molecule has 0 bridgehead atoms. The molecule has 0 amide bonds. The van der Waals surface area contributed by atoms with Crippen LogP contribution < -0.4 is 5.73 Å². The Morgan fingerprint density at radius 2 is 1.06 bits per heavy atom. The van der Waals surface area contributed by atoms with E-state index >= 15 is 0 Å². The summed E-state index contributed by atoms with van der Waals surface area (Å²) in [5.41, 5.74) is 5.36. The Kier molecular flexibility index (Phi) is 39.8. The zero-order valence-electron chi connectivity index (χ0n) is 34.2. The van der Waals surface area contributed by atoms with E-state index in [1.165, 1.54) is 64.2 Å². The third-order valence-electron chi connectivity index (χ3n) is 8.39. The highest BCUT2D eigenvalue weighted by atomic mass is 31.2. The predicted molar refractivity (Wildman–Crippen MR) is 228 cm³/mol. The van der Waals surface area contributed by atoms with Crippen molar-refractivity contribution in [1.82, 2.24) is 0 Å². The van der Waals surface area contributed by atoms with Crippen molar-refractivity contribution in [2.24, 2.45) is 5.73 Å². The second-order valence-electron chi connectivity index (χ2n) is 13.5. The second-order valence-corrected chi connectivity index (χ2v) is 15.0. The summed E-state index contributed by atoms with van der Waals surface area (Å²) in [6.45, 7) is 4.02. The Bertz CT molecular complexity index is 1100. The van der Waals surface area contributed by atoms with Crippen molar-refractivity contribution in [2.75, 3.05) is 26.4 Å². The molecule has 0 spiro atoms. The number of carbonyl (C=O) groups excluding carboxylic acids is 1. The van der Waals surface area contributed by atoms with Crippen LogP contribution in [0.4, 0.5) is 0 Å². The third-order valence-corrected chi connectivity index (χ3v) is 9.37. The van der Waals surface area contributed by atoms with Crippen molar-refractivity contribution >= 4 is 13.8 Å². The number of esters is 1. The maximum Gasteiger partial charge on any atom is 0.472 e. The van der Waals surface area contributed by atoms with E-state index < -0.39 is 13.9 Å². The molecule has 8 nitrogen and oxygen atoms in total. The molecule has 1 unspecified atom stereocenters. The fourth-order valence-corrected chi connectivity index (χ4v) is 6.00. The highest BCUT2D eigenvalue weighted by molar-refractivity contribution is 7.47. The largest absolute Gasteiger partial charge is 0.492 e. The van der Waals surface area contributed by atoms with E-state index in [0.29, 0.717) is 6.42 Å². The maximum absolute atomic E-state index is 12.4. The summed E-state index contributed by atoms with van der Waals surface area (Å²) < 4.78 is 33.1. The molecule has 0 rings (SSSR count). The van der Waals surface area contributed by atoms with Gasteiger partial charge in [0.25, 0.3) is 0 Å². The number of hydrogen-bond acceptors (Lipinski definition) is 7. The average molecular weight is 776 g/mol. The van der Waals surface area contributed by atoms with Gasteiger partial charge in [-0.25, -0.2) is 4.57 Å².